The van der Waals surface area contributed by atoms with Crippen molar-refractivity contribution in [3.05, 3.63) is 58.7 Å². The number of esters is 1. The molecule has 1 aromatic heterocycles. The van der Waals surface area contributed by atoms with E-state index in [1.165, 1.54) is 19.2 Å². The van der Waals surface area contributed by atoms with Crippen molar-refractivity contribution < 1.29 is 17.9 Å². The smallest absolute Gasteiger partial charge is 0.355 e. The minimum absolute atomic E-state index is 0.113. The molecule has 0 saturated heterocycles. The second-order valence-electron chi connectivity index (χ2n) is 5.28. The van der Waals surface area contributed by atoms with Gasteiger partial charge in [-0.1, -0.05) is 29.8 Å². The number of nitrogens with one attached hydrogen (secondary N) is 1. The molecule has 24 heavy (non-hydrogen) atoms. The van der Waals surface area contributed by atoms with Crippen LogP contribution < -0.4 is 0 Å². The lowest BCUT2D eigenvalue weighted by atomic mass is 10.2. The van der Waals surface area contributed by atoms with Crippen molar-refractivity contribution in [1.29, 1.82) is 0 Å². The minimum Gasteiger partial charge on any atom is -0.464 e. The Kier molecular flexibility index (Phi) is 4.11. The van der Waals surface area contributed by atoms with E-state index in [0.717, 1.165) is 0 Å². The van der Waals surface area contributed by atoms with Crippen LogP contribution >= 0.6 is 11.6 Å². The monoisotopic (exact) mass is 363 g/mol. The highest BCUT2D eigenvalue weighted by Crippen LogP contribution is 2.34. The van der Waals surface area contributed by atoms with E-state index in [0.29, 0.717) is 21.5 Å². The Morgan fingerprint density at radius 3 is 2.54 bits per heavy atom. The van der Waals surface area contributed by atoms with Gasteiger partial charge >= 0.3 is 5.97 Å². The summed E-state index contributed by atoms with van der Waals surface area (Å²) in [6.45, 7) is 1.70. The zero-order valence-electron chi connectivity index (χ0n) is 13.0. The van der Waals surface area contributed by atoms with Crippen molar-refractivity contribution >= 4 is 38.3 Å². The Balaban J connectivity index is 2.41. The molecule has 124 valence electrons. The average Bonchev–Trinajstić information content (AvgIpc) is 2.93. The number of hydrogen-bond donors (Lipinski definition) is 1. The Hall–Kier alpha value is -2.31. The number of halogens is 1. The summed E-state index contributed by atoms with van der Waals surface area (Å²) in [5.74, 6) is -0.755. The van der Waals surface area contributed by atoms with Gasteiger partial charge in [0.05, 0.1) is 12.0 Å². The molecule has 1 heterocycles. The summed E-state index contributed by atoms with van der Waals surface area (Å²) in [7, 11) is -2.75. The van der Waals surface area contributed by atoms with E-state index in [9.17, 15) is 13.2 Å². The van der Waals surface area contributed by atoms with Gasteiger partial charge in [0.1, 0.15) is 10.6 Å². The van der Waals surface area contributed by atoms with E-state index in [1.54, 1.807) is 37.3 Å². The van der Waals surface area contributed by atoms with Gasteiger partial charge in [-0.05, 0) is 36.8 Å². The van der Waals surface area contributed by atoms with Gasteiger partial charge in [0.25, 0.3) is 0 Å². The molecule has 0 radical (unpaired) electrons. The van der Waals surface area contributed by atoms with E-state index in [1.807, 2.05) is 0 Å². The Morgan fingerprint density at radius 2 is 1.88 bits per heavy atom. The zero-order chi connectivity index (χ0) is 17.5. The number of methoxy groups -OCH3 is 1. The van der Waals surface area contributed by atoms with E-state index in [2.05, 4.69) is 4.98 Å². The van der Waals surface area contributed by atoms with Crippen LogP contribution in [0, 0.1) is 6.92 Å². The molecule has 3 rings (SSSR count). The minimum atomic E-state index is -3.95. The third-order valence-corrected chi connectivity index (χ3v) is 5.99. The van der Waals surface area contributed by atoms with Crippen molar-refractivity contribution in [2.24, 2.45) is 0 Å². The molecular formula is C17H14ClNO4S. The molecule has 0 aliphatic carbocycles. The van der Waals surface area contributed by atoms with Crippen LogP contribution in [0.25, 0.3) is 10.9 Å². The summed E-state index contributed by atoms with van der Waals surface area (Å²) < 4.78 is 31.2. The molecule has 0 atom stereocenters. The van der Waals surface area contributed by atoms with Gasteiger partial charge in [-0.15, -0.1) is 0 Å². The van der Waals surface area contributed by atoms with Crippen molar-refractivity contribution in [3.8, 4) is 0 Å². The number of aryl methyl sites for hydroxylation is 1. The summed E-state index contributed by atoms with van der Waals surface area (Å²) in [5.41, 5.74) is 0.967. The molecule has 0 unspecified atom stereocenters. The van der Waals surface area contributed by atoms with Crippen LogP contribution in [0.4, 0.5) is 0 Å². The molecule has 0 bridgehead atoms. The molecule has 1 N–H and O–H groups in total. The van der Waals surface area contributed by atoms with Crippen molar-refractivity contribution in [2.45, 2.75) is 16.7 Å². The van der Waals surface area contributed by atoms with Gasteiger partial charge in [-0.25, -0.2) is 13.2 Å². The molecule has 0 fully saturated rings. The summed E-state index contributed by atoms with van der Waals surface area (Å²) in [6, 6.07) is 11.4. The molecule has 3 aromatic rings. The van der Waals surface area contributed by atoms with E-state index < -0.39 is 15.8 Å². The number of sulfone groups is 1. The lowest BCUT2D eigenvalue weighted by molar-refractivity contribution is 0.0590. The Bertz CT molecular complexity index is 1050. The first-order valence-corrected chi connectivity index (χ1v) is 8.92. The largest absolute Gasteiger partial charge is 0.464 e. The van der Waals surface area contributed by atoms with Gasteiger partial charge in [0.15, 0.2) is 0 Å². The molecule has 0 amide bonds. The molecule has 5 nitrogen and oxygen atoms in total. The summed E-state index contributed by atoms with van der Waals surface area (Å²) >= 11 is 6.02. The first kappa shape index (κ1) is 16.5. The summed E-state index contributed by atoms with van der Waals surface area (Å²) in [4.78, 5) is 14.9. The lowest BCUT2D eigenvalue weighted by Gasteiger charge is -2.08. The first-order chi connectivity index (χ1) is 11.4. The van der Waals surface area contributed by atoms with Crippen LogP contribution in [0.3, 0.4) is 0 Å². The predicted octanol–water partition coefficient (Wildman–Crippen LogP) is 3.75. The molecular weight excluding hydrogens is 350 g/mol. The molecule has 0 spiro atoms. The fourth-order valence-corrected chi connectivity index (χ4v) is 4.64. The maximum absolute atomic E-state index is 13.2. The lowest BCUT2D eigenvalue weighted by Crippen LogP contribution is -2.11. The number of carbonyl (C=O) groups is 1. The van der Waals surface area contributed by atoms with Gasteiger partial charge in [-0.3, -0.25) is 0 Å². The third-order valence-electron chi connectivity index (χ3n) is 3.75. The number of fused-ring (bicyclic) bond motifs is 1. The summed E-state index contributed by atoms with van der Waals surface area (Å²) in [6.07, 6.45) is 0. The van der Waals surface area contributed by atoms with E-state index >= 15 is 0 Å². The molecule has 7 heteroatoms. The van der Waals surface area contributed by atoms with Gasteiger partial charge in [-0.2, -0.15) is 0 Å². The van der Waals surface area contributed by atoms with Crippen LogP contribution in [-0.4, -0.2) is 26.5 Å². The van der Waals surface area contributed by atoms with Crippen molar-refractivity contribution in [3.63, 3.8) is 0 Å². The SMILES string of the molecule is COC(=O)c1[nH]c2ccc(Cl)cc2c1S(=O)(=O)c1ccccc1C. The van der Waals surface area contributed by atoms with E-state index in [4.69, 9.17) is 16.3 Å². The fraction of sp³-hybridized carbons (Fsp3) is 0.118. The maximum Gasteiger partial charge on any atom is 0.355 e. The topological polar surface area (TPSA) is 76.2 Å². The molecule has 2 aromatic carbocycles. The number of ether oxygens (including phenoxy) is 1. The second-order valence-corrected chi connectivity index (χ2v) is 7.57. The van der Waals surface area contributed by atoms with Crippen LogP contribution in [0.5, 0.6) is 0 Å². The standard InChI is InChI=1S/C17H14ClNO4S/c1-10-5-3-4-6-14(10)24(21,22)16-12-9-11(18)7-8-13(12)19-15(16)17(20)23-2/h3-9,19H,1-2H3. The number of carbonyl (C=O) groups excluding carboxylic acids is 1. The van der Waals surface area contributed by atoms with Gasteiger partial charge in [0.2, 0.25) is 9.84 Å². The van der Waals surface area contributed by atoms with Crippen LogP contribution in [-0.2, 0) is 14.6 Å². The van der Waals surface area contributed by atoms with Crippen LogP contribution in [0.15, 0.2) is 52.3 Å². The van der Waals surface area contributed by atoms with Gasteiger partial charge in [0, 0.05) is 15.9 Å². The highest BCUT2D eigenvalue weighted by Gasteiger charge is 2.31. The van der Waals surface area contributed by atoms with Gasteiger partial charge < -0.3 is 9.72 Å². The average molecular weight is 364 g/mol. The highest BCUT2D eigenvalue weighted by atomic mass is 35.5. The van der Waals surface area contributed by atoms with E-state index in [-0.39, 0.29) is 15.5 Å². The molecule has 0 saturated carbocycles. The molecule has 0 aliphatic heterocycles. The maximum atomic E-state index is 13.2. The zero-order valence-corrected chi connectivity index (χ0v) is 14.5. The summed E-state index contributed by atoms with van der Waals surface area (Å²) in [5, 5.41) is 0.727. The first-order valence-electron chi connectivity index (χ1n) is 7.06. The number of aromatic nitrogens is 1. The predicted molar refractivity (Wildman–Crippen MR) is 91.3 cm³/mol. The quantitative estimate of drug-likeness (QED) is 0.719. The number of aromatic amines is 1. The molecule has 0 aliphatic rings. The third kappa shape index (κ3) is 2.57. The fourth-order valence-electron chi connectivity index (χ4n) is 2.63. The highest BCUT2D eigenvalue weighted by molar-refractivity contribution is 7.91. The van der Waals surface area contributed by atoms with Crippen molar-refractivity contribution in [1.82, 2.24) is 4.98 Å². The normalized spacial score (nSPS) is 11.6. The number of H-pyrrole nitrogens is 1. The van der Waals surface area contributed by atoms with Crippen LogP contribution in [0.1, 0.15) is 16.1 Å². The Labute approximate surface area is 144 Å². The second kappa shape index (κ2) is 5.96. The number of benzene rings is 2. The Morgan fingerprint density at radius 1 is 1.17 bits per heavy atom. The number of hydrogen-bond acceptors (Lipinski definition) is 4. The number of rotatable bonds is 3. The van der Waals surface area contributed by atoms with Crippen LogP contribution in [0.2, 0.25) is 5.02 Å². The van der Waals surface area contributed by atoms with Crippen molar-refractivity contribution in [2.75, 3.05) is 7.11 Å².